The third-order valence-corrected chi connectivity index (χ3v) is 2.02. The average molecular weight is 242 g/mol. The second kappa shape index (κ2) is 8.86. The summed E-state index contributed by atoms with van der Waals surface area (Å²) in [4.78, 5) is 7.73. The Balaban J connectivity index is 2.13. The number of ether oxygens (including phenoxy) is 3. The van der Waals surface area contributed by atoms with Crippen molar-refractivity contribution in [3.05, 3.63) is 18.1 Å². The molecule has 0 aliphatic rings. The second-order valence-corrected chi connectivity index (χ2v) is 3.32. The van der Waals surface area contributed by atoms with Gasteiger partial charge in [-0.1, -0.05) is 0 Å². The van der Waals surface area contributed by atoms with Crippen molar-refractivity contribution in [1.82, 2.24) is 9.97 Å². The summed E-state index contributed by atoms with van der Waals surface area (Å²) in [7, 11) is 1.66. The summed E-state index contributed by atoms with van der Waals surface area (Å²) in [6, 6.07) is 0. The molecule has 96 valence electrons. The van der Waals surface area contributed by atoms with Crippen LogP contribution in [0.5, 0.6) is 5.88 Å². The first-order chi connectivity index (χ1) is 8.38. The second-order valence-electron chi connectivity index (χ2n) is 3.32. The molecule has 0 atom stereocenters. The molecule has 0 saturated heterocycles. The van der Waals surface area contributed by atoms with E-state index in [-0.39, 0.29) is 6.61 Å². The maximum atomic E-state index is 9.01. The molecule has 0 radical (unpaired) electrons. The van der Waals surface area contributed by atoms with E-state index in [4.69, 9.17) is 19.3 Å². The van der Waals surface area contributed by atoms with Gasteiger partial charge in [0.05, 0.1) is 18.8 Å². The predicted octanol–water partition coefficient (Wildman–Crippen LogP) is 0.401. The zero-order valence-corrected chi connectivity index (χ0v) is 9.96. The quantitative estimate of drug-likeness (QED) is 0.632. The van der Waals surface area contributed by atoms with Crippen LogP contribution in [0.2, 0.25) is 0 Å². The SMILES string of the molecule is COCCCOCCOc1ncncc1CO. The van der Waals surface area contributed by atoms with E-state index in [1.54, 1.807) is 7.11 Å². The summed E-state index contributed by atoms with van der Waals surface area (Å²) in [5, 5.41) is 9.01. The maximum absolute atomic E-state index is 9.01. The minimum Gasteiger partial charge on any atom is -0.475 e. The highest BCUT2D eigenvalue weighted by Crippen LogP contribution is 2.11. The molecule has 17 heavy (non-hydrogen) atoms. The van der Waals surface area contributed by atoms with Gasteiger partial charge in [0, 0.05) is 26.5 Å². The lowest BCUT2D eigenvalue weighted by molar-refractivity contribution is 0.0788. The Morgan fingerprint density at radius 1 is 1.24 bits per heavy atom. The Labute approximate surface area is 101 Å². The van der Waals surface area contributed by atoms with Gasteiger partial charge >= 0.3 is 0 Å². The monoisotopic (exact) mass is 242 g/mol. The zero-order chi connectivity index (χ0) is 12.3. The normalized spacial score (nSPS) is 10.5. The number of aliphatic hydroxyl groups is 1. The molecule has 0 aromatic carbocycles. The van der Waals surface area contributed by atoms with Crippen LogP contribution in [-0.2, 0) is 16.1 Å². The summed E-state index contributed by atoms with van der Waals surface area (Å²) >= 11 is 0. The van der Waals surface area contributed by atoms with E-state index in [2.05, 4.69) is 9.97 Å². The Morgan fingerprint density at radius 2 is 2.12 bits per heavy atom. The lowest BCUT2D eigenvalue weighted by Gasteiger charge is -2.08. The zero-order valence-electron chi connectivity index (χ0n) is 9.96. The molecule has 1 aromatic heterocycles. The lowest BCUT2D eigenvalue weighted by Crippen LogP contribution is -2.10. The molecule has 0 aliphatic carbocycles. The fraction of sp³-hybridized carbons (Fsp3) is 0.636. The highest BCUT2D eigenvalue weighted by Gasteiger charge is 2.03. The number of methoxy groups -OCH3 is 1. The first-order valence-corrected chi connectivity index (χ1v) is 5.47. The molecule has 0 unspecified atom stereocenters. The van der Waals surface area contributed by atoms with Gasteiger partial charge in [-0.15, -0.1) is 0 Å². The third kappa shape index (κ3) is 5.58. The standard InChI is InChI=1S/C11H18N2O4/c1-15-3-2-4-16-5-6-17-11-10(8-14)7-12-9-13-11/h7,9,14H,2-6,8H2,1H3. The third-order valence-electron chi connectivity index (χ3n) is 2.02. The molecule has 6 nitrogen and oxygen atoms in total. The summed E-state index contributed by atoms with van der Waals surface area (Å²) < 4.78 is 15.6. The molecule has 1 N–H and O–H groups in total. The summed E-state index contributed by atoms with van der Waals surface area (Å²) in [5.41, 5.74) is 0.576. The van der Waals surface area contributed by atoms with Crippen molar-refractivity contribution < 1.29 is 19.3 Å². The summed E-state index contributed by atoms with van der Waals surface area (Å²) in [6.07, 6.45) is 3.78. The summed E-state index contributed by atoms with van der Waals surface area (Å²) in [6.45, 7) is 2.09. The minimum atomic E-state index is -0.134. The molecular formula is C11H18N2O4. The molecule has 1 heterocycles. The summed E-state index contributed by atoms with van der Waals surface area (Å²) in [5.74, 6) is 0.406. The first-order valence-electron chi connectivity index (χ1n) is 5.47. The van der Waals surface area contributed by atoms with Gasteiger partial charge in [-0.3, -0.25) is 0 Å². The van der Waals surface area contributed by atoms with Crippen LogP contribution in [0.1, 0.15) is 12.0 Å². The molecule has 6 heteroatoms. The van der Waals surface area contributed by atoms with Crippen molar-refractivity contribution in [2.75, 3.05) is 33.5 Å². The Hall–Kier alpha value is -1.24. The molecule has 1 aromatic rings. The van der Waals surface area contributed by atoms with Crippen LogP contribution in [-0.4, -0.2) is 48.6 Å². The van der Waals surface area contributed by atoms with Gasteiger partial charge in [0.1, 0.15) is 12.9 Å². The van der Waals surface area contributed by atoms with Gasteiger partial charge in [-0.25, -0.2) is 9.97 Å². The smallest absolute Gasteiger partial charge is 0.222 e. The number of rotatable bonds is 9. The van der Waals surface area contributed by atoms with Crippen molar-refractivity contribution in [2.45, 2.75) is 13.0 Å². The number of hydrogen-bond donors (Lipinski definition) is 1. The van der Waals surface area contributed by atoms with Crippen LogP contribution in [0.25, 0.3) is 0 Å². The van der Waals surface area contributed by atoms with E-state index < -0.39 is 0 Å². The average Bonchev–Trinajstić information content (AvgIpc) is 2.38. The van der Waals surface area contributed by atoms with E-state index in [0.717, 1.165) is 6.42 Å². The number of aromatic nitrogens is 2. The van der Waals surface area contributed by atoms with Crippen LogP contribution < -0.4 is 4.74 Å². The van der Waals surface area contributed by atoms with E-state index >= 15 is 0 Å². The van der Waals surface area contributed by atoms with Gasteiger partial charge in [0.2, 0.25) is 5.88 Å². The van der Waals surface area contributed by atoms with Crippen LogP contribution in [0.4, 0.5) is 0 Å². The van der Waals surface area contributed by atoms with Crippen molar-refractivity contribution in [1.29, 1.82) is 0 Å². The minimum absolute atomic E-state index is 0.134. The molecule has 0 aliphatic heterocycles. The molecule has 0 bridgehead atoms. The number of nitrogens with zero attached hydrogens (tertiary/aromatic N) is 2. The highest BCUT2D eigenvalue weighted by molar-refractivity contribution is 5.20. The number of hydrogen-bond acceptors (Lipinski definition) is 6. The predicted molar refractivity (Wildman–Crippen MR) is 60.8 cm³/mol. The lowest BCUT2D eigenvalue weighted by atomic mass is 10.3. The highest BCUT2D eigenvalue weighted by atomic mass is 16.5. The topological polar surface area (TPSA) is 73.7 Å². The van der Waals surface area contributed by atoms with Crippen molar-refractivity contribution in [3.63, 3.8) is 0 Å². The van der Waals surface area contributed by atoms with Gasteiger partial charge in [-0.2, -0.15) is 0 Å². The molecule has 0 amide bonds. The van der Waals surface area contributed by atoms with E-state index in [1.807, 2.05) is 0 Å². The molecule has 0 spiro atoms. The van der Waals surface area contributed by atoms with Gasteiger partial charge in [0.25, 0.3) is 0 Å². The maximum Gasteiger partial charge on any atom is 0.222 e. The fourth-order valence-corrected chi connectivity index (χ4v) is 1.19. The largest absolute Gasteiger partial charge is 0.475 e. The number of aliphatic hydroxyl groups excluding tert-OH is 1. The van der Waals surface area contributed by atoms with Gasteiger partial charge in [0.15, 0.2) is 0 Å². The first kappa shape index (κ1) is 13.8. The Morgan fingerprint density at radius 3 is 2.88 bits per heavy atom. The van der Waals surface area contributed by atoms with Gasteiger partial charge < -0.3 is 19.3 Å². The van der Waals surface area contributed by atoms with Crippen molar-refractivity contribution in [2.24, 2.45) is 0 Å². The Kier molecular flexibility index (Phi) is 7.20. The molecular weight excluding hydrogens is 224 g/mol. The van der Waals surface area contributed by atoms with Gasteiger partial charge in [-0.05, 0) is 6.42 Å². The molecule has 1 rings (SSSR count). The van der Waals surface area contributed by atoms with Crippen molar-refractivity contribution >= 4 is 0 Å². The fourth-order valence-electron chi connectivity index (χ4n) is 1.19. The van der Waals surface area contributed by atoms with Crippen molar-refractivity contribution in [3.8, 4) is 5.88 Å². The van der Waals surface area contributed by atoms with Crippen LogP contribution in [0, 0.1) is 0 Å². The molecule has 0 fully saturated rings. The Bertz CT molecular complexity index is 309. The van der Waals surface area contributed by atoms with E-state index in [1.165, 1.54) is 12.5 Å². The van der Waals surface area contributed by atoms with Crippen LogP contribution in [0.3, 0.4) is 0 Å². The van der Waals surface area contributed by atoms with E-state index in [9.17, 15) is 0 Å². The van der Waals surface area contributed by atoms with Crippen LogP contribution in [0.15, 0.2) is 12.5 Å². The van der Waals surface area contributed by atoms with Crippen LogP contribution >= 0.6 is 0 Å². The van der Waals surface area contributed by atoms with E-state index in [0.29, 0.717) is 37.9 Å². The molecule has 0 saturated carbocycles.